The summed E-state index contributed by atoms with van der Waals surface area (Å²) in [6.45, 7) is 4.00. The van der Waals surface area contributed by atoms with Crippen molar-refractivity contribution in [1.29, 1.82) is 0 Å². The fraction of sp³-hybridized carbons (Fsp3) is 0.200. The summed E-state index contributed by atoms with van der Waals surface area (Å²) in [5, 5.41) is 1.35. The number of benzene rings is 2. The SMILES string of the molecule is Cc1ccc(C(C)N(C)C(=O)c2cc3ccccc3c(=O)[nH]2)cc1. The molecule has 0 saturated heterocycles. The third-order valence-electron chi connectivity index (χ3n) is 4.44. The van der Waals surface area contributed by atoms with Crippen LogP contribution in [0, 0.1) is 6.92 Å². The molecule has 4 nitrogen and oxygen atoms in total. The van der Waals surface area contributed by atoms with E-state index >= 15 is 0 Å². The summed E-state index contributed by atoms with van der Waals surface area (Å²) in [7, 11) is 1.75. The third-order valence-corrected chi connectivity index (χ3v) is 4.44. The van der Waals surface area contributed by atoms with Crippen LogP contribution in [0.3, 0.4) is 0 Å². The minimum absolute atomic E-state index is 0.0897. The third kappa shape index (κ3) is 2.95. The first-order chi connectivity index (χ1) is 11.5. The van der Waals surface area contributed by atoms with E-state index in [1.165, 1.54) is 5.56 Å². The number of fused-ring (bicyclic) bond motifs is 1. The van der Waals surface area contributed by atoms with Gasteiger partial charge < -0.3 is 9.88 Å². The molecule has 1 amide bonds. The van der Waals surface area contributed by atoms with Gasteiger partial charge in [-0.1, -0.05) is 48.0 Å². The fourth-order valence-corrected chi connectivity index (χ4v) is 2.76. The Balaban J connectivity index is 1.93. The van der Waals surface area contributed by atoms with Crippen molar-refractivity contribution in [2.45, 2.75) is 19.9 Å². The lowest BCUT2D eigenvalue weighted by molar-refractivity contribution is 0.0736. The lowest BCUT2D eigenvalue weighted by Gasteiger charge is -2.25. The van der Waals surface area contributed by atoms with Crippen LogP contribution >= 0.6 is 0 Å². The predicted octanol–water partition coefficient (Wildman–Crippen LogP) is 3.67. The second-order valence-corrected chi connectivity index (χ2v) is 6.10. The standard InChI is InChI=1S/C20H20N2O2/c1-13-8-10-15(11-9-13)14(2)22(3)20(24)18-12-16-6-4-5-7-17(16)19(23)21-18/h4-12,14H,1-3H3,(H,21,23). The van der Waals surface area contributed by atoms with Crippen LogP contribution in [-0.4, -0.2) is 22.8 Å². The molecule has 122 valence electrons. The Bertz CT molecular complexity index is 942. The molecule has 0 aliphatic carbocycles. The molecule has 1 unspecified atom stereocenters. The summed E-state index contributed by atoms with van der Waals surface area (Å²) in [5.74, 6) is -0.203. The minimum atomic E-state index is -0.243. The number of hydrogen-bond acceptors (Lipinski definition) is 2. The minimum Gasteiger partial charge on any atom is -0.334 e. The normalized spacial score (nSPS) is 12.1. The second-order valence-electron chi connectivity index (χ2n) is 6.10. The van der Waals surface area contributed by atoms with Crippen LogP contribution in [0.1, 0.15) is 34.6 Å². The number of amides is 1. The quantitative estimate of drug-likeness (QED) is 0.800. The lowest BCUT2D eigenvalue weighted by Crippen LogP contribution is -2.31. The van der Waals surface area contributed by atoms with E-state index in [0.717, 1.165) is 10.9 Å². The van der Waals surface area contributed by atoms with E-state index < -0.39 is 0 Å². The highest BCUT2D eigenvalue weighted by Gasteiger charge is 2.20. The topological polar surface area (TPSA) is 53.2 Å². The van der Waals surface area contributed by atoms with Gasteiger partial charge in [-0.25, -0.2) is 0 Å². The smallest absolute Gasteiger partial charge is 0.270 e. The van der Waals surface area contributed by atoms with Crippen molar-refractivity contribution in [2.24, 2.45) is 0 Å². The molecule has 1 heterocycles. The molecule has 24 heavy (non-hydrogen) atoms. The van der Waals surface area contributed by atoms with Gasteiger partial charge in [0.25, 0.3) is 11.5 Å². The highest BCUT2D eigenvalue weighted by molar-refractivity contribution is 5.96. The zero-order chi connectivity index (χ0) is 17.3. The fourth-order valence-electron chi connectivity index (χ4n) is 2.76. The van der Waals surface area contributed by atoms with Gasteiger partial charge in [-0.05, 0) is 36.9 Å². The number of carbonyl (C=O) groups is 1. The Hall–Kier alpha value is -2.88. The van der Waals surface area contributed by atoms with E-state index in [1.807, 2.05) is 56.3 Å². The molecule has 4 heteroatoms. The highest BCUT2D eigenvalue weighted by atomic mass is 16.2. The lowest BCUT2D eigenvalue weighted by atomic mass is 10.0. The van der Waals surface area contributed by atoms with Crippen LogP contribution in [-0.2, 0) is 0 Å². The maximum atomic E-state index is 12.8. The van der Waals surface area contributed by atoms with Crippen LogP contribution < -0.4 is 5.56 Å². The van der Waals surface area contributed by atoms with Gasteiger partial charge in [0.15, 0.2) is 0 Å². The highest BCUT2D eigenvalue weighted by Crippen LogP contribution is 2.21. The number of aromatic nitrogens is 1. The van der Waals surface area contributed by atoms with Crippen LogP contribution in [0.4, 0.5) is 0 Å². The van der Waals surface area contributed by atoms with Gasteiger partial charge in [0.2, 0.25) is 0 Å². The van der Waals surface area contributed by atoms with Gasteiger partial charge in [0, 0.05) is 12.4 Å². The van der Waals surface area contributed by atoms with E-state index in [0.29, 0.717) is 11.1 Å². The number of aromatic amines is 1. The molecule has 1 aromatic heterocycles. The predicted molar refractivity (Wildman–Crippen MR) is 96.3 cm³/mol. The Labute approximate surface area is 140 Å². The van der Waals surface area contributed by atoms with Gasteiger partial charge in [-0.2, -0.15) is 0 Å². The van der Waals surface area contributed by atoms with Crippen molar-refractivity contribution < 1.29 is 4.79 Å². The number of pyridine rings is 1. The summed E-state index contributed by atoms with van der Waals surface area (Å²) >= 11 is 0. The molecule has 1 atom stereocenters. The summed E-state index contributed by atoms with van der Waals surface area (Å²) in [6.07, 6.45) is 0. The van der Waals surface area contributed by atoms with Crippen molar-refractivity contribution in [3.63, 3.8) is 0 Å². The Morgan fingerprint density at radius 2 is 1.75 bits per heavy atom. The Morgan fingerprint density at radius 1 is 1.08 bits per heavy atom. The first-order valence-corrected chi connectivity index (χ1v) is 7.93. The number of hydrogen-bond donors (Lipinski definition) is 1. The molecule has 0 fully saturated rings. The van der Waals surface area contributed by atoms with E-state index in [1.54, 1.807) is 24.1 Å². The van der Waals surface area contributed by atoms with Crippen LogP contribution in [0.15, 0.2) is 59.4 Å². The van der Waals surface area contributed by atoms with Gasteiger partial charge in [-0.15, -0.1) is 0 Å². The van der Waals surface area contributed by atoms with Gasteiger partial charge in [0.1, 0.15) is 5.69 Å². The molecule has 0 aliphatic rings. The molecule has 1 N–H and O–H groups in total. The maximum absolute atomic E-state index is 12.8. The van der Waals surface area contributed by atoms with Crippen molar-refractivity contribution >= 4 is 16.7 Å². The molecule has 0 saturated carbocycles. The number of H-pyrrole nitrogens is 1. The number of nitrogens with zero attached hydrogens (tertiary/aromatic N) is 1. The summed E-state index contributed by atoms with van der Waals surface area (Å²) in [6, 6.07) is 17.0. The molecule has 0 spiro atoms. The summed E-state index contributed by atoms with van der Waals surface area (Å²) < 4.78 is 0. The number of rotatable bonds is 3. The zero-order valence-corrected chi connectivity index (χ0v) is 14.0. The van der Waals surface area contributed by atoms with Crippen molar-refractivity contribution in [3.8, 4) is 0 Å². The molecule has 2 aromatic carbocycles. The maximum Gasteiger partial charge on any atom is 0.270 e. The van der Waals surface area contributed by atoms with E-state index in [-0.39, 0.29) is 17.5 Å². The molecule has 0 aliphatic heterocycles. The van der Waals surface area contributed by atoms with E-state index in [2.05, 4.69) is 4.98 Å². The summed E-state index contributed by atoms with van der Waals surface area (Å²) in [5.41, 5.74) is 2.30. The van der Waals surface area contributed by atoms with Crippen molar-refractivity contribution in [3.05, 3.63) is 81.8 Å². The molecule has 0 bridgehead atoms. The average Bonchev–Trinajstić information content (AvgIpc) is 2.60. The van der Waals surface area contributed by atoms with Gasteiger partial charge in [-0.3, -0.25) is 9.59 Å². The van der Waals surface area contributed by atoms with Crippen LogP contribution in [0.25, 0.3) is 10.8 Å². The first kappa shape index (κ1) is 16.0. The Kier molecular flexibility index (Phi) is 4.21. The van der Waals surface area contributed by atoms with Gasteiger partial charge >= 0.3 is 0 Å². The second kappa shape index (κ2) is 6.32. The van der Waals surface area contributed by atoms with Crippen LogP contribution in [0.5, 0.6) is 0 Å². The Morgan fingerprint density at radius 3 is 2.46 bits per heavy atom. The first-order valence-electron chi connectivity index (χ1n) is 7.93. The van der Waals surface area contributed by atoms with Crippen LogP contribution in [0.2, 0.25) is 0 Å². The molecule has 3 aromatic rings. The zero-order valence-electron chi connectivity index (χ0n) is 14.0. The monoisotopic (exact) mass is 320 g/mol. The molecular weight excluding hydrogens is 300 g/mol. The van der Waals surface area contributed by atoms with E-state index in [9.17, 15) is 9.59 Å². The number of carbonyl (C=O) groups excluding carboxylic acids is 1. The van der Waals surface area contributed by atoms with Crippen molar-refractivity contribution in [2.75, 3.05) is 7.05 Å². The number of nitrogens with one attached hydrogen (secondary N) is 1. The van der Waals surface area contributed by atoms with Crippen molar-refractivity contribution in [1.82, 2.24) is 9.88 Å². The largest absolute Gasteiger partial charge is 0.334 e. The number of aryl methyl sites for hydroxylation is 1. The molecule has 0 radical (unpaired) electrons. The van der Waals surface area contributed by atoms with Gasteiger partial charge in [0.05, 0.1) is 6.04 Å². The van der Waals surface area contributed by atoms with E-state index in [4.69, 9.17) is 0 Å². The average molecular weight is 320 g/mol. The summed E-state index contributed by atoms with van der Waals surface area (Å²) in [4.78, 5) is 29.3. The molecular formula is C20H20N2O2. The molecule has 3 rings (SSSR count).